The zero-order valence-electron chi connectivity index (χ0n) is 23.4. The summed E-state index contributed by atoms with van der Waals surface area (Å²) in [7, 11) is 0. The number of nitro benzene ring substituents is 1. The molecular weight excluding hydrogens is 580 g/mol. The maximum absolute atomic E-state index is 13.8. The van der Waals surface area contributed by atoms with Gasteiger partial charge in [0.2, 0.25) is 5.78 Å². The first kappa shape index (κ1) is 30.0. The van der Waals surface area contributed by atoms with Crippen LogP contribution in [0.2, 0.25) is 0 Å². The zero-order valence-corrected chi connectivity index (χ0v) is 23.4. The third-order valence-electron chi connectivity index (χ3n) is 8.39. The van der Waals surface area contributed by atoms with Gasteiger partial charge in [-0.3, -0.25) is 24.5 Å². The van der Waals surface area contributed by atoms with Gasteiger partial charge in [-0.05, 0) is 54.0 Å². The minimum atomic E-state index is -2.72. The Kier molecular flexibility index (Phi) is 7.08. The first-order valence-corrected chi connectivity index (χ1v) is 13.5. The minimum Gasteiger partial charge on any atom is -0.508 e. The lowest BCUT2D eigenvalue weighted by molar-refractivity contribution is -0.384. The number of primary amides is 1. The van der Waals surface area contributed by atoms with Gasteiger partial charge in [-0.1, -0.05) is 13.8 Å². The van der Waals surface area contributed by atoms with Gasteiger partial charge in [-0.25, -0.2) is 4.79 Å². The highest BCUT2D eigenvalue weighted by atomic mass is 16.6. The molecule has 230 valence electrons. The Bertz CT molecular complexity index is 1760. The Morgan fingerprint density at radius 3 is 2.34 bits per heavy atom. The van der Waals surface area contributed by atoms with E-state index in [1.807, 2.05) is 13.8 Å². The summed E-state index contributed by atoms with van der Waals surface area (Å²) in [6.45, 7) is 3.62. The second kappa shape index (κ2) is 10.4. The lowest BCUT2D eigenvalue weighted by Crippen LogP contribution is -2.58. The van der Waals surface area contributed by atoms with Crippen molar-refractivity contribution in [3.05, 3.63) is 68.0 Å². The van der Waals surface area contributed by atoms with Crippen LogP contribution in [0.15, 0.2) is 41.2 Å². The SMILES string of the molecule is CC(C)c1cc(NC(=O)Nc2ccc(O)cc2[N+](=O)[O-])c(O)c2c1C[C@H]1C[C@H]3CC(=O)C(C(N)=O)=C(O)[C@@]3(O)C(=O)C1=C2O. The van der Waals surface area contributed by atoms with Gasteiger partial charge in [0.15, 0.2) is 11.4 Å². The van der Waals surface area contributed by atoms with E-state index < -0.39 is 86.6 Å². The molecule has 0 aliphatic heterocycles. The van der Waals surface area contributed by atoms with E-state index in [-0.39, 0.29) is 41.3 Å². The molecule has 15 heteroatoms. The molecule has 5 rings (SSSR count). The molecule has 3 amide bonds. The van der Waals surface area contributed by atoms with Crippen LogP contribution in [-0.2, 0) is 20.8 Å². The molecule has 0 saturated heterocycles. The van der Waals surface area contributed by atoms with E-state index in [2.05, 4.69) is 10.6 Å². The Morgan fingerprint density at radius 1 is 1.07 bits per heavy atom. The van der Waals surface area contributed by atoms with Gasteiger partial charge in [-0.15, -0.1) is 0 Å². The Hall–Kier alpha value is -5.44. The lowest BCUT2D eigenvalue weighted by atomic mass is 9.59. The summed E-state index contributed by atoms with van der Waals surface area (Å²) in [4.78, 5) is 61.6. The van der Waals surface area contributed by atoms with E-state index in [1.54, 1.807) is 0 Å². The van der Waals surface area contributed by atoms with Crippen LogP contribution in [0.25, 0.3) is 5.76 Å². The average Bonchev–Trinajstić information content (AvgIpc) is 2.92. The van der Waals surface area contributed by atoms with Crippen LogP contribution in [0.5, 0.6) is 11.5 Å². The van der Waals surface area contributed by atoms with Gasteiger partial charge in [0.25, 0.3) is 11.6 Å². The van der Waals surface area contributed by atoms with Gasteiger partial charge in [-0.2, -0.15) is 0 Å². The number of urea groups is 1. The topological polar surface area (TPSA) is 263 Å². The first-order valence-electron chi connectivity index (χ1n) is 13.5. The number of fused-ring (bicyclic) bond motifs is 3. The molecule has 1 fully saturated rings. The molecule has 2 aromatic carbocycles. The number of phenols is 2. The van der Waals surface area contributed by atoms with Gasteiger partial charge < -0.3 is 41.9 Å². The zero-order chi connectivity index (χ0) is 32.4. The van der Waals surface area contributed by atoms with Gasteiger partial charge in [0.05, 0.1) is 22.2 Å². The third-order valence-corrected chi connectivity index (χ3v) is 8.39. The summed E-state index contributed by atoms with van der Waals surface area (Å²) in [6, 6.07) is 3.51. The highest BCUT2D eigenvalue weighted by Gasteiger charge is 2.60. The molecule has 0 heterocycles. The minimum absolute atomic E-state index is 0.0327. The van der Waals surface area contributed by atoms with Gasteiger partial charge in [0.1, 0.15) is 34.3 Å². The number of rotatable bonds is 5. The number of aliphatic hydroxyl groups excluding tert-OH is 2. The van der Waals surface area contributed by atoms with Crippen LogP contribution in [0, 0.1) is 22.0 Å². The van der Waals surface area contributed by atoms with Crippen LogP contribution in [0.4, 0.5) is 21.9 Å². The number of Topliss-reactive ketones (excluding diaryl/α,β-unsaturated/α-hetero) is 2. The predicted octanol–water partition coefficient (Wildman–Crippen LogP) is 2.81. The molecule has 2 aromatic rings. The fourth-order valence-corrected chi connectivity index (χ4v) is 6.38. The number of carbonyl (C=O) groups excluding carboxylic acids is 4. The second-order valence-electron chi connectivity index (χ2n) is 11.3. The summed E-state index contributed by atoms with van der Waals surface area (Å²) < 4.78 is 0. The van der Waals surface area contributed by atoms with Gasteiger partial charge >= 0.3 is 6.03 Å². The number of nitro groups is 1. The Labute approximate surface area is 248 Å². The molecule has 0 aromatic heterocycles. The van der Waals surface area contributed by atoms with Crippen molar-refractivity contribution in [2.45, 2.75) is 44.6 Å². The Morgan fingerprint density at radius 2 is 1.73 bits per heavy atom. The molecule has 15 nitrogen and oxygen atoms in total. The number of anilines is 2. The van der Waals surface area contributed by atoms with Crippen LogP contribution >= 0.6 is 0 Å². The summed E-state index contributed by atoms with van der Waals surface area (Å²) in [5, 5.41) is 70.5. The average molecular weight is 609 g/mol. The molecule has 1 saturated carbocycles. The number of ketones is 2. The number of nitrogens with zero attached hydrogens (tertiary/aromatic N) is 1. The second-order valence-corrected chi connectivity index (χ2v) is 11.3. The number of carbonyl (C=O) groups is 4. The molecule has 0 unspecified atom stereocenters. The number of hydrogen-bond donors (Lipinski definition) is 8. The molecule has 3 aliphatic rings. The van der Waals surface area contributed by atoms with E-state index in [4.69, 9.17) is 5.73 Å². The fraction of sp³-hybridized carbons (Fsp3) is 0.310. The smallest absolute Gasteiger partial charge is 0.323 e. The molecular formula is C29H28N4O11. The van der Waals surface area contributed by atoms with Crippen molar-refractivity contribution in [3.8, 4) is 11.5 Å². The number of nitrogens with two attached hydrogens (primary N) is 1. The number of benzene rings is 2. The van der Waals surface area contributed by atoms with Crippen LogP contribution in [-0.4, -0.2) is 59.6 Å². The highest BCUT2D eigenvalue weighted by molar-refractivity contribution is 6.22. The van der Waals surface area contributed by atoms with Crippen molar-refractivity contribution in [1.82, 2.24) is 0 Å². The molecule has 0 spiro atoms. The monoisotopic (exact) mass is 608 g/mol. The van der Waals surface area contributed by atoms with E-state index in [1.165, 1.54) is 6.07 Å². The molecule has 44 heavy (non-hydrogen) atoms. The number of phenolic OH excluding ortho intramolecular Hbond substituents is 2. The first-order chi connectivity index (χ1) is 20.6. The van der Waals surface area contributed by atoms with Crippen molar-refractivity contribution in [3.63, 3.8) is 0 Å². The summed E-state index contributed by atoms with van der Waals surface area (Å²) >= 11 is 0. The summed E-state index contributed by atoms with van der Waals surface area (Å²) in [5.41, 5.74) is 0.977. The number of aliphatic hydroxyl groups is 3. The van der Waals surface area contributed by atoms with Gasteiger partial charge in [0, 0.05) is 17.9 Å². The maximum atomic E-state index is 13.8. The molecule has 9 N–H and O–H groups in total. The standard InChI is InChI=1S/C29H28N4O11/c1-10(2)14-9-17(32-28(41)31-16-4-3-13(34)8-18(16)33(43)44)23(36)21-15(14)6-11-5-12-7-19(35)22(27(30)40)26(39)29(12,42)25(38)20(11)24(21)37/h3-4,8-12,34,36-37,39,42H,5-7H2,1-2H3,(H2,30,40)(H2,31,32,41)/t11-,12+,29+/m1/s1. The van der Waals surface area contributed by atoms with Crippen molar-refractivity contribution < 1.29 is 49.6 Å². The summed E-state index contributed by atoms with van der Waals surface area (Å²) in [6.07, 6.45) is -0.391. The third kappa shape index (κ3) is 4.48. The molecule has 3 aliphatic carbocycles. The fourth-order valence-electron chi connectivity index (χ4n) is 6.38. The number of aromatic hydroxyl groups is 2. The molecule has 3 atom stereocenters. The van der Waals surface area contributed by atoms with Crippen LogP contribution in [0.1, 0.15) is 49.3 Å². The lowest BCUT2D eigenvalue weighted by Gasteiger charge is -2.46. The van der Waals surface area contributed by atoms with Crippen molar-refractivity contribution in [2.24, 2.45) is 17.6 Å². The highest BCUT2D eigenvalue weighted by Crippen LogP contribution is 2.53. The summed E-state index contributed by atoms with van der Waals surface area (Å²) in [5.74, 6) is -8.36. The number of hydrogen-bond acceptors (Lipinski definition) is 11. The molecule has 0 bridgehead atoms. The predicted molar refractivity (Wildman–Crippen MR) is 153 cm³/mol. The van der Waals surface area contributed by atoms with Crippen molar-refractivity contribution in [1.29, 1.82) is 0 Å². The number of amides is 3. The maximum Gasteiger partial charge on any atom is 0.323 e. The molecule has 0 radical (unpaired) electrons. The van der Waals surface area contributed by atoms with Crippen molar-refractivity contribution >= 4 is 46.3 Å². The van der Waals surface area contributed by atoms with E-state index in [9.17, 15) is 54.8 Å². The normalized spacial score (nSPS) is 22.7. The number of nitrogens with one attached hydrogen (secondary N) is 2. The van der Waals surface area contributed by atoms with Crippen LogP contribution in [0.3, 0.4) is 0 Å². The van der Waals surface area contributed by atoms with Crippen molar-refractivity contribution in [2.75, 3.05) is 10.6 Å². The largest absolute Gasteiger partial charge is 0.508 e. The van der Waals surface area contributed by atoms with E-state index >= 15 is 0 Å². The van der Waals surface area contributed by atoms with E-state index in [0.29, 0.717) is 11.1 Å². The van der Waals surface area contributed by atoms with E-state index in [0.717, 1.165) is 18.2 Å². The van der Waals surface area contributed by atoms with Crippen LogP contribution < -0.4 is 16.4 Å². The Balaban J connectivity index is 1.59. The quantitative estimate of drug-likeness (QED) is 0.0804.